The van der Waals surface area contributed by atoms with Gasteiger partial charge in [-0.05, 0) is 48.5 Å². The van der Waals surface area contributed by atoms with Gasteiger partial charge in [0.2, 0.25) is 5.91 Å². The van der Waals surface area contributed by atoms with E-state index < -0.39 is 0 Å². The first-order chi connectivity index (χ1) is 14.7. The summed E-state index contributed by atoms with van der Waals surface area (Å²) in [4.78, 5) is 16.5. The molecule has 1 aromatic carbocycles. The molecule has 9 heteroatoms. The highest BCUT2D eigenvalue weighted by Crippen LogP contribution is 2.25. The lowest BCUT2D eigenvalue weighted by molar-refractivity contribution is -0.113. The molecule has 1 N–H and O–H groups in total. The Balaban J connectivity index is 1.49. The number of furan rings is 1. The van der Waals surface area contributed by atoms with Crippen molar-refractivity contribution in [1.82, 2.24) is 19.7 Å². The molecule has 4 aromatic rings. The molecule has 0 saturated carbocycles. The largest absolute Gasteiger partial charge is 0.467 e. The van der Waals surface area contributed by atoms with E-state index in [1.54, 1.807) is 42.9 Å². The van der Waals surface area contributed by atoms with Crippen molar-refractivity contribution in [3.05, 3.63) is 78.5 Å². The Kier molecular flexibility index (Phi) is 5.87. The second-order valence-electron chi connectivity index (χ2n) is 6.24. The fourth-order valence-corrected chi connectivity index (χ4v) is 3.50. The molecule has 0 radical (unpaired) electrons. The van der Waals surface area contributed by atoms with Gasteiger partial charge in [-0.2, -0.15) is 5.26 Å². The van der Waals surface area contributed by atoms with Gasteiger partial charge in [0.05, 0.1) is 30.2 Å². The van der Waals surface area contributed by atoms with Crippen LogP contribution in [0.15, 0.2) is 76.8 Å². The number of nitrogens with zero attached hydrogens (tertiary/aromatic N) is 5. The van der Waals surface area contributed by atoms with Crippen LogP contribution in [0.2, 0.25) is 0 Å². The van der Waals surface area contributed by atoms with Gasteiger partial charge >= 0.3 is 0 Å². The van der Waals surface area contributed by atoms with Gasteiger partial charge in [-0.15, -0.1) is 10.2 Å². The number of amides is 1. The highest BCUT2D eigenvalue weighted by Gasteiger charge is 2.17. The molecule has 148 valence electrons. The van der Waals surface area contributed by atoms with Crippen molar-refractivity contribution in [2.24, 2.45) is 0 Å². The fourth-order valence-electron chi connectivity index (χ4n) is 2.76. The number of pyridine rings is 1. The summed E-state index contributed by atoms with van der Waals surface area (Å²) in [5.41, 5.74) is 1.99. The number of anilines is 1. The minimum absolute atomic E-state index is 0.156. The lowest BCUT2D eigenvalue weighted by Gasteiger charge is -2.09. The first-order valence-electron chi connectivity index (χ1n) is 9.02. The summed E-state index contributed by atoms with van der Waals surface area (Å²) in [6.07, 6.45) is 5.02. The van der Waals surface area contributed by atoms with Gasteiger partial charge in [0.1, 0.15) is 5.76 Å². The molecule has 4 rings (SSSR count). The van der Waals surface area contributed by atoms with E-state index in [0.717, 1.165) is 11.3 Å². The summed E-state index contributed by atoms with van der Waals surface area (Å²) in [5, 5.41) is 20.8. The van der Waals surface area contributed by atoms with Crippen molar-refractivity contribution in [1.29, 1.82) is 5.26 Å². The third-order valence-corrected chi connectivity index (χ3v) is 5.13. The number of aromatic nitrogens is 4. The summed E-state index contributed by atoms with van der Waals surface area (Å²) < 4.78 is 7.37. The molecular formula is C21H16N6O2S. The smallest absolute Gasteiger partial charge is 0.234 e. The Morgan fingerprint density at radius 3 is 2.73 bits per heavy atom. The average molecular weight is 416 g/mol. The lowest BCUT2D eigenvalue weighted by Crippen LogP contribution is -2.14. The topological polar surface area (TPSA) is 110 Å². The molecule has 0 aliphatic rings. The van der Waals surface area contributed by atoms with Crippen molar-refractivity contribution >= 4 is 23.4 Å². The monoisotopic (exact) mass is 416 g/mol. The van der Waals surface area contributed by atoms with E-state index in [2.05, 4.69) is 20.5 Å². The maximum absolute atomic E-state index is 12.4. The first-order valence-corrected chi connectivity index (χ1v) is 10.0. The van der Waals surface area contributed by atoms with E-state index in [1.807, 2.05) is 34.9 Å². The third kappa shape index (κ3) is 4.56. The maximum atomic E-state index is 12.4. The molecule has 0 fully saturated rings. The predicted molar refractivity (Wildman–Crippen MR) is 112 cm³/mol. The Morgan fingerprint density at radius 2 is 2.03 bits per heavy atom. The maximum Gasteiger partial charge on any atom is 0.234 e. The van der Waals surface area contributed by atoms with E-state index >= 15 is 0 Å². The van der Waals surface area contributed by atoms with Gasteiger partial charge in [-0.1, -0.05) is 11.8 Å². The molecule has 3 heterocycles. The van der Waals surface area contributed by atoms with Crippen LogP contribution in [0.4, 0.5) is 5.69 Å². The summed E-state index contributed by atoms with van der Waals surface area (Å²) in [7, 11) is 0. The molecule has 1 amide bonds. The molecule has 0 atom stereocenters. The number of nitrogens with one attached hydrogen (secondary N) is 1. The van der Waals surface area contributed by atoms with Crippen LogP contribution in [0.25, 0.3) is 11.4 Å². The van der Waals surface area contributed by atoms with Crippen molar-refractivity contribution < 1.29 is 9.21 Å². The highest BCUT2D eigenvalue weighted by atomic mass is 32.2. The van der Waals surface area contributed by atoms with Crippen LogP contribution in [-0.4, -0.2) is 31.4 Å². The summed E-state index contributed by atoms with van der Waals surface area (Å²) >= 11 is 1.28. The predicted octanol–water partition coefficient (Wildman–Crippen LogP) is 3.58. The molecular weight excluding hydrogens is 400 g/mol. The van der Waals surface area contributed by atoms with E-state index in [0.29, 0.717) is 28.8 Å². The number of benzene rings is 1. The van der Waals surface area contributed by atoms with Crippen LogP contribution in [0.1, 0.15) is 11.3 Å². The van der Waals surface area contributed by atoms with Crippen LogP contribution in [0.3, 0.4) is 0 Å². The molecule has 8 nitrogen and oxygen atoms in total. The van der Waals surface area contributed by atoms with Gasteiger partial charge in [0.25, 0.3) is 0 Å². The molecule has 0 aliphatic carbocycles. The zero-order valence-corrected chi connectivity index (χ0v) is 16.5. The van der Waals surface area contributed by atoms with Crippen molar-refractivity contribution in [2.75, 3.05) is 11.1 Å². The number of carbonyl (C=O) groups excluding carboxylic acids is 1. The van der Waals surface area contributed by atoms with Gasteiger partial charge in [-0.25, -0.2) is 0 Å². The van der Waals surface area contributed by atoms with E-state index in [-0.39, 0.29) is 11.7 Å². The van der Waals surface area contributed by atoms with Gasteiger partial charge < -0.3 is 9.73 Å². The highest BCUT2D eigenvalue weighted by molar-refractivity contribution is 7.99. The molecule has 30 heavy (non-hydrogen) atoms. The average Bonchev–Trinajstić information content (AvgIpc) is 3.44. The van der Waals surface area contributed by atoms with E-state index in [9.17, 15) is 4.79 Å². The number of rotatable bonds is 7. The molecule has 0 saturated heterocycles. The zero-order chi connectivity index (χ0) is 20.8. The SMILES string of the molecule is N#Cc1ccc(NC(=O)CSc2nnc(-c3cccnc3)n2Cc2ccco2)cc1. The normalized spacial score (nSPS) is 10.5. The van der Waals surface area contributed by atoms with Crippen LogP contribution in [0, 0.1) is 11.3 Å². The van der Waals surface area contributed by atoms with Gasteiger partial charge in [0.15, 0.2) is 11.0 Å². The molecule has 0 unspecified atom stereocenters. The third-order valence-electron chi connectivity index (χ3n) is 4.16. The Hall–Kier alpha value is -3.90. The van der Waals surface area contributed by atoms with Crippen molar-refractivity contribution in [3.63, 3.8) is 0 Å². The Bertz CT molecular complexity index is 1160. The number of hydrogen-bond acceptors (Lipinski definition) is 7. The zero-order valence-electron chi connectivity index (χ0n) is 15.7. The standard InChI is InChI=1S/C21H16N6O2S/c22-11-15-5-7-17(8-6-15)24-19(28)14-30-21-26-25-20(16-3-1-9-23-12-16)27(21)13-18-4-2-10-29-18/h1-10,12H,13-14H2,(H,24,28). The van der Waals surface area contributed by atoms with Gasteiger partial charge in [0, 0.05) is 23.6 Å². The fraction of sp³-hybridized carbons (Fsp3) is 0.0952. The van der Waals surface area contributed by atoms with Crippen LogP contribution in [-0.2, 0) is 11.3 Å². The summed E-state index contributed by atoms with van der Waals surface area (Å²) in [6, 6.07) is 16.2. The number of hydrogen-bond donors (Lipinski definition) is 1. The molecule has 3 aromatic heterocycles. The molecule has 0 aliphatic heterocycles. The van der Waals surface area contributed by atoms with Crippen molar-refractivity contribution in [2.45, 2.75) is 11.7 Å². The first kappa shape index (κ1) is 19.4. The minimum Gasteiger partial charge on any atom is -0.467 e. The van der Waals surface area contributed by atoms with Gasteiger partial charge in [-0.3, -0.25) is 14.3 Å². The summed E-state index contributed by atoms with van der Waals surface area (Å²) in [5.74, 6) is 1.38. The number of nitriles is 1. The molecule has 0 spiro atoms. The number of thioether (sulfide) groups is 1. The number of carbonyl (C=O) groups is 1. The Labute approximate surface area is 176 Å². The second-order valence-corrected chi connectivity index (χ2v) is 7.18. The Morgan fingerprint density at radius 1 is 1.17 bits per heavy atom. The van der Waals surface area contributed by atoms with Crippen LogP contribution >= 0.6 is 11.8 Å². The van der Waals surface area contributed by atoms with Crippen LogP contribution in [0.5, 0.6) is 0 Å². The van der Waals surface area contributed by atoms with E-state index in [1.165, 1.54) is 11.8 Å². The quantitative estimate of drug-likeness (QED) is 0.459. The van der Waals surface area contributed by atoms with Crippen LogP contribution < -0.4 is 5.32 Å². The lowest BCUT2D eigenvalue weighted by atomic mass is 10.2. The summed E-state index contributed by atoms with van der Waals surface area (Å²) in [6.45, 7) is 0.434. The molecule has 0 bridgehead atoms. The van der Waals surface area contributed by atoms with Crippen molar-refractivity contribution in [3.8, 4) is 17.5 Å². The van der Waals surface area contributed by atoms with E-state index in [4.69, 9.17) is 9.68 Å². The second kappa shape index (κ2) is 9.07. The minimum atomic E-state index is -0.180.